The zero-order chi connectivity index (χ0) is 14.4. The van der Waals surface area contributed by atoms with Crippen molar-refractivity contribution in [3.63, 3.8) is 0 Å². The first-order valence-corrected chi connectivity index (χ1v) is 6.63. The number of aliphatic hydroxyl groups excluding tert-OH is 2. The molecule has 1 rings (SSSR count). The molecule has 3 N–H and O–H groups in total. The van der Waals surface area contributed by atoms with Gasteiger partial charge in [0.15, 0.2) is 0 Å². The minimum absolute atomic E-state index is 0.0115. The molecule has 0 aromatic carbocycles. The maximum absolute atomic E-state index is 11.9. The lowest BCUT2D eigenvalue weighted by Crippen LogP contribution is -2.30. The second kappa shape index (κ2) is 7.47. The van der Waals surface area contributed by atoms with Crippen molar-refractivity contribution in [1.29, 1.82) is 0 Å². The van der Waals surface area contributed by atoms with Crippen LogP contribution in [0.3, 0.4) is 0 Å². The van der Waals surface area contributed by atoms with E-state index in [4.69, 9.17) is 21.8 Å². The highest BCUT2D eigenvalue weighted by Gasteiger charge is 2.16. The topological polar surface area (TPSA) is 87.4 Å². The maximum Gasteiger partial charge on any atom is 0.287 e. The van der Waals surface area contributed by atoms with Crippen LogP contribution < -0.4 is 10.9 Å². The summed E-state index contributed by atoms with van der Waals surface area (Å²) in [6.45, 7) is 4.03. The molecule has 0 aliphatic carbocycles. The van der Waals surface area contributed by atoms with Gasteiger partial charge in [-0.1, -0.05) is 25.4 Å². The van der Waals surface area contributed by atoms with E-state index in [0.29, 0.717) is 12.1 Å². The SMILES string of the molecule is CC(C)C(CCO)Nc1cnn(CCO)c(=O)c1Cl. The molecule has 0 bridgehead atoms. The van der Waals surface area contributed by atoms with Gasteiger partial charge in [-0.15, -0.1) is 0 Å². The average molecular weight is 290 g/mol. The van der Waals surface area contributed by atoms with Crippen LogP contribution in [0.2, 0.25) is 5.02 Å². The normalized spacial score (nSPS) is 12.7. The molecule has 0 spiro atoms. The quantitative estimate of drug-likeness (QED) is 0.688. The highest BCUT2D eigenvalue weighted by molar-refractivity contribution is 6.32. The second-order valence-corrected chi connectivity index (χ2v) is 5.01. The molecule has 0 saturated heterocycles. The molecular weight excluding hydrogens is 270 g/mol. The van der Waals surface area contributed by atoms with Crippen LogP contribution in [0.4, 0.5) is 5.69 Å². The summed E-state index contributed by atoms with van der Waals surface area (Å²) in [6.07, 6.45) is 2.03. The second-order valence-electron chi connectivity index (χ2n) is 4.63. The highest BCUT2D eigenvalue weighted by Crippen LogP contribution is 2.19. The predicted octanol–water partition coefficient (Wildman–Crippen LogP) is 0.708. The van der Waals surface area contributed by atoms with Crippen LogP contribution in [0.15, 0.2) is 11.0 Å². The summed E-state index contributed by atoms with van der Waals surface area (Å²) in [6, 6.07) is 0.0115. The number of nitrogens with zero attached hydrogens (tertiary/aromatic N) is 2. The monoisotopic (exact) mass is 289 g/mol. The lowest BCUT2D eigenvalue weighted by atomic mass is 10.0. The van der Waals surface area contributed by atoms with Crippen molar-refractivity contribution in [2.24, 2.45) is 5.92 Å². The van der Waals surface area contributed by atoms with Crippen molar-refractivity contribution in [2.45, 2.75) is 32.9 Å². The Labute approximate surface area is 117 Å². The Kier molecular flexibility index (Phi) is 6.27. The van der Waals surface area contributed by atoms with Crippen molar-refractivity contribution in [2.75, 3.05) is 18.5 Å². The summed E-state index contributed by atoms with van der Waals surface area (Å²) >= 11 is 6.00. The van der Waals surface area contributed by atoms with Crippen molar-refractivity contribution < 1.29 is 10.2 Å². The lowest BCUT2D eigenvalue weighted by Gasteiger charge is -2.23. The summed E-state index contributed by atoms with van der Waals surface area (Å²) in [7, 11) is 0. The molecule has 1 unspecified atom stereocenters. The molecule has 0 fully saturated rings. The van der Waals surface area contributed by atoms with E-state index >= 15 is 0 Å². The Balaban J connectivity index is 2.95. The Morgan fingerprint density at radius 3 is 2.63 bits per heavy atom. The zero-order valence-electron chi connectivity index (χ0n) is 11.1. The van der Waals surface area contributed by atoms with Gasteiger partial charge in [0.25, 0.3) is 5.56 Å². The smallest absolute Gasteiger partial charge is 0.287 e. The van der Waals surface area contributed by atoms with E-state index in [1.807, 2.05) is 13.8 Å². The number of anilines is 1. The summed E-state index contributed by atoms with van der Waals surface area (Å²) in [4.78, 5) is 11.9. The molecule has 19 heavy (non-hydrogen) atoms. The summed E-state index contributed by atoms with van der Waals surface area (Å²) < 4.78 is 1.12. The molecule has 108 valence electrons. The summed E-state index contributed by atoms with van der Waals surface area (Å²) in [5, 5.41) is 24.9. The van der Waals surface area contributed by atoms with E-state index in [1.54, 1.807) is 0 Å². The van der Waals surface area contributed by atoms with Crippen molar-refractivity contribution in [1.82, 2.24) is 9.78 Å². The molecule has 7 heteroatoms. The Morgan fingerprint density at radius 2 is 2.11 bits per heavy atom. The minimum Gasteiger partial charge on any atom is -0.396 e. The van der Waals surface area contributed by atoms with Gasteiger partial charge in [0, 0.05) is 12.6 Å². The number of nitrogens with one attached hydrogen (secondary N) is 1. The largest absolute Gasteiger partial charge is 0.396 e. The number of hydrogen-bond acceptors (Lipinski definition) is 5. The van der Waals surface area contributed by atoms with E-state index in [0.717, 1.165) is 4.68 Å². The molecule has 1 heterocycles. The van der Waals surface area contributed by atoms with Gasteiger partial charge in [-0.3, -0.25) is 4.79 Å². The fourth-order valence-electron chi connectivity index (χ4n) is 1.73. The fourth-order valence-corrected chi connectivity index (χ4v) is 1.93. The standard InChI is InChI=1S/C12H20ClN3O3/c1-8(2)9(3-5-17)15-10-7-14-16(4-6-18)12(19)11(10)13/h7-9,15,17-18H,3-6H2,1-2H3. The molecule has 1 aromatic heterocycles. The van der Waals surface area contributed by atoms with Crippen LogP contribution in [-0.4, -0.2) is 39.2 Å². The molecule has 0 radical (unpaired) electrons. The van der Waals surface area contributed by atoms with Gasteiger partial charge in [-0.05, 0) is 12.3 Å². The van der Waals surface area contributed by atoms with Gasteiger partial charge in [0.05, 0.1) is 25.0 Å². The summed E-state index contributed by atoms with van der Waals surface area (Å²) in [5.74, 6) is 0.281. The maximum atomic E-state index is 11.9. The number of rotatable bonds is 7. The zero-order valence-corrected chi connectivity index (χ0v) is 11.9. The molecule has 1 atom stereocenters. The van der Waals surface area contributed by atoms with Crippen LogP contribution in [-0.2, 0) is 6.54 Å². The van der Waals surface area contributed by atoms with Crippen molar-refractivity contribution in [3.8, 4) is 0 Å². The van der Waals surface area contributed by atoms with Crippen LogP contribution in [0.25, 0.3) is 0 Å². The molecule has 0 saturated carbocycles. The molecular formula is C12H20ClN3O3. The van der Waals surface area contributed by atoms with E-state index in [1.165, 1.54) is 6.20 Å². The Hall–Kier alpha value is -1.11. The number of halogens is 1. The van der Waals surface area contributed by atoms with E-state index in [-0.39, 0.29) is 36.7 Å². The predicted molar refractivity (Wildman–Crippen MR) is 74.5 cm³/mol. The first kappa shape index (κ1) is 15.9. The number of aliphatic hydroxyl groups is 2. The van der Waals surface area contributed by atoms with Gasteiger partial charge >= 0.3 is 0 Å². The van der Waals surface area contributed by atoms with Crippen molar-refractivity contribution >= 4 is 17.3 Å². The molecule has 0 aliphatic heterocycles. The van der Waals surface area contributed by atoms with Crippen molar-refractivity contribution in [3.05, 3.63) is 21.6 Å². The summed E-state index contributed by atoms with van der Waals surface area (Å²) in [5.41, 5.74) is 0.0141. The van der Waals surface area contributed by atoms with E-state index in [9.17, 15) is 4.79 Å². The Morgan fingerprint density at radius 1 is 1.42 bits per heavy atom. The average Bonchev–Trinajstić information content (AvgIpc) is 2.37. The first-order valence-electron chi connectivity index (χ1n) is 6.25. The van der Waals surface area contributed by atoms with E-state index in [2.05, 4.69) is 10.4 Å². The minimum atomic E-state index is -0.438. The van der Waals surface area contributed by atoms with Crippen LogP contribution in [0.1, 0.15) is 20.3 Å². The fraction of sp³-hybridized carbons (Fsp3) is 0.667. The Bertz CT molecular complexity index is 462. The van der Waals surface area contributed by atoms with Gasteiger partial charge in [-0.25, -0.2) is 4.68 Å². The third-order valence-corrected chi connectivity index (χ3v) is 3.25. The van der Waals surface area contributed by atoms with Crippen LogP contribution >= 0.6 is 11.6 Å². The third kappa shape index (κ3) is 4.19. The lowest BCUT2D eigenvalue weighted by molar-refractivity contribution is 0.265. The van der Waals surface area contributed by atoms with Gasteiger partial charge < -0.3 is 15.5 Å². The first-order chi connectivity index (χ1) is 9.01. The molecule has 1 aromatic rings. The van der Waals surface area contributed by atoms with E-state index < -0.39 is 5.56 Å². The molecule has 6 nitrogen and oxygen atoms in total. The van der Waals surface area contributed by atoms with Crippen LogP contribution in [0, 0.1) is 5.92 Å². The van der Waals surface area contributed by atoms with Gasteiger partial charge in [0.1, 0.15) is 5.02 Å². The third-order valence-electron chi connectivity index (χ3n) is 2.88. The number of hydrogen-bond donors (Lipinski definition) is 3. The van der Waals surface area contributed by atoms with Gasteiger partial charge in [0.2, 0.25) is 0 Å². The van der Waals surface area contributed by atoms with Gasteiger partial charge in [-0.2, -0.15) is 5.10 Å². The highest BCUT2D eigenvalue weighted by atomic mass is 35.5. The molecule has 0 amide bonds. The number of aromatic nitrogens is 2. The van der Waals surface area contributed by atoms with Crippen LogP contribution in [0.5, 0.6) is 0 Å². The molecule has 0 aliphatic rings.